The maximum absolute atomic E-state index is 9.76. The average Bonchev–Trinajstić information content (AvgIpc) is 2.70. The largest absolute Gasteiger partial charge is 0.393 e. The van der Waals surface area contributed by atoms with Crippen LogP contribution in [0.3, 0.4) is 0 Å². The number of fused-ring (bicyclic) bond motifs is 1. The molecule has 94 valence electrons. The number of aliphatic hydroxyl groups excluding tert-OH is 1. The predicted octanol–water partition coefficient (Wildman–Crippen LogP) is 3.93. The quantitative estimate of drug-likeness (QED) is 0.843. The normalized spacial score (nSPS) is 27.8. The molecule has 1 aliphatic rings. The lowest BCUT2D eigenvalue weighted by atomic mass is 9.81. The zero-order chi connectivity index (χ0) is 12.6. The second kappa shape index (κ2) is 4.40. The van der Waals surface area contributed by atoms with Crippen LogP contribution in [0, 0.1) is 5.41 Å². The van der Waals surface area contributed by atoms with Crippen LogP contribution in [0.1, 0.15) is 31.7 Å². The zero-order valence-corrected chi connectivity index (χ0v) is 10.9. The molecule has 1 N–H and O–H groups in total. The Morgan fingerprint density at radius 1 is 1.17 bits per heavy atom. The molecule has 1 heteroatoms. The SMILES string of the molecule is CC1(Cc2cccc3ccccc23)CCC(O)C1. The van der Waals surface area contributed by atoms with E-state index in [4.69, 9.17) is 0 Å². The molecule has 0 heterocycles. The summed E-state index contributed by atoms with van der Waals surface area (Å²) in [5.41, 5.74) is 1.69. The summed E-state index contributed by atoms with van der Waals surface area (Å²) in [6.45, 7) is 2.31. The van der Waals surface area contributed by atoms with Gasteiger partial charge in [-0.05, 0) is 47.4 Å². The van der Waals surface area contributed by atoms with E-state index in [0.717, 1.165) is 25.7 Å². The molecule has 2 unspecified atom stereocenters. The first-order chi connectivity index (χ1) is 8.66. The molecule has 0 radical (unpaired) electrons. The Kier molecular flexibility index (Phi) is 2.87. The first kappa shape index (κ1) is 11.7. The standard InChI is InChI=1S/C17H20O/c1-17(10-9-15(18)12-17)11-14-7-4-6-13-5-2-3-8-16(13)14/h2-8,15,18H,9-12H2,1H3. The Hall–Kier alpha value is -1.34. The van der Waals surface area contributed by atoms with E-state index in [1.165, 1.54) is 16.3 Å². The van der Waals surface area contributed by atoms with Gasteiger partial charge >= 0.3 is 0 Å². The third-order valence-electron chi connectivity index (χ3n) is 4.31. The van der Waals surface area contributed by atoms with E-state index in [9.17, 15) is 5.11 Å². The van der Waals surface area contributed by atoms with E-state index in [-0.39, 0.29) is 11.5 Å². The van der Waals surface area contributed by atoms with Crippen molar-refractivity contribution in [2.75, 3.05) is 0 Å². The Morgan fingerprint density at radius 2 is 1.94 bits per heavy atom. The van der Waals surface area contributed by atoms with Gasteiger partial charge in [0.2, 0.25) is 0 Å². The molecule has 0 amide bonds. The number of hydrogen-bond acceptors (Lipinski definition) is 1. The molecule has 18 heavy (non-hydrogen) atoms. The highest BCUT2D eigenvalue weighted by Gasteiger charge is 2.34. The molecule has 0 spiro atoms. The molecule has 0 aromatic heterocycles. The van der Waals surface area contributed by atoms with Crippen LogP contribution in [-0.4, -0.2) is 11.2 Å². The Balaban J connectivity index is 1.95. The van der Waals surface area contributed by atoms with Crippen molar-refractivity contribution in [3.63, 3.8) is 0 Å². The van der Waals surface area contributed by atoms with Gasteiger partial charge in [0.05, 0.1) is 6.10 Å². The Morgan fingerprint density at radius 3 is 2.72 bits per heavy atom. The van der Waals surface area contributed by atoms with Crippen LogP contribution in [-0.2, 0) is 6.42 Å². The Bertz CT molecular complexity index is 555. The summed E-state index contributed by atoms with van der Waals surface area (Å²) < 4.78 is 0. The molecule has 3 rings (SSSR count). The highest BCUT2D eigenvalue weighted by atomic mass is 16.3. The summed E-state index contributed by atoms with van der Waals surface area (Å²) in [6.07, 6.45) is 4.02. The molecule has 0 aliphatic heterocycles. The lowest BCUT2D eigenvalue weighted by Crippen LogP contribution is -2.16. The fraction of sp³-hybridized carbons (Fsp3) is 0.412. The zero-order valence-electron chi connectivity index (χ0n) is 10.9. The fourth-order valence-corrected chi connectivity index (χ4v) is 3.36. The molecule has 1 aliphatic carbocycles. The van der Waals surface area contributed by atoms with Crippen LogP contribution < -0.4 is 0 Å². The van der Waals surface area contributed by atoms with Gasteiger partial charge in [0, 0.05) is 0 Å². The third kappa shape index (κ3) is 2.15. The molecule has 0 saturated heterocycles. The highest BCUT2D eigenvalue weighted by molar-refractivity contribution is 5.85. The second-order valence-electron chi connectivity index (χ2n) is 6.02. The van der Waals surface area contributed by atoms with Crippen LogP contribution in [0.2, 0.25) is 0 Å². The van der Waals surface area contributed by atoms with Crippen LogP contribution >= 0.6 is 0 Å². The van der Waals surface area contributed by atoms with Crippen molar-refractivity contribution in [3.05, 3.63) is 48.0 Å². The lowest BCUT2D eigenvalue weighted by Gasteiger charge is -2.24. The molecule has 2 aromatic rings. The van der Waals surface area contributed by atoms with E-state index in [0.29, 0.717) is 0 Å². The molecule has 2 atom stereocenters. The number of aliphatic hydroxyl groups is 1. The maximum atomic E-state index is 9.76. The topological polar surface area (TPSA) is 20.2 Å². The minimum Gasteiger partial charge on any atom is -0.393 e. The number of hydrogen-bond donors (Lipinski definition) is 1. The third-order valence-corrected chi connectivity index (χ3v) is 4.31. The first-order valence-corrected chi connectivity index (χ1v) is 6.81. The monoisotopic (exact) mass is 240 g/mol. The summed E-state index contributed by atoms with van der Waals surface area (Å²) in [4.78, 5) is 0. The van der Waals surface area contributed by atoms with Gasteiger partial charge in [-0.3, -0.25) is 0 Å². The molecule has 1 fully saturated rings. The minimum absolute atomic E-state index is 0.0926. The van der Waals surface area contributed by atoms with Crippen molar-refractivity contribution >= 4 is 10.8 Å². The van der Waals surface area contributed by atoms with E-state index in [1.807, 2.05) is 0 Å². The van der Waals surface area contributed by atoms with Gasteiger partial charge in [0.15, 0.2) is 0 Å². The lowest BCUT2D eigenvalue weighted by molar-refractivity contribution is 0.163. The molecular weight excluding hydrogens is 220 g/mol. The van der Waals surface area contributed by atoms with E-state index >= 15 is 0 Å². The van der Waals surface area contributed by atoms with Gasteiger partial charge in [-0.15, -0.1) is 0 Å². The van der Waals surface area contributed by atoms with Crippen molar-refractivity contribution in [2.45, 2.75) is 38.7 Å². The van der Waals surface area contributed by atoms with Gasteiger partial charge in [0.25, 0.3) is 0 Å². The maximum Gasteiger partial charge on any atom is 0.0545 e. The Labute approximate surface area is 108 Å². The summed E-state index contributed by atoms with van der Waals surface area (Å²) in [5.74, 6) is 0. The number of benzene rings is 2. The summed E-state index contributed by atoms with van der Waals surface area (Å²) in [5, 5.41) is 12.4. The highest BCUT2D eigenvalue weighted by Crippen LogP contribution is 2.41. The van der Waals surface area contributed by atoms with Gasteiger partial charge in [-0.1, -0.05) is 49.4 Å². The summed E-state index contributed by atoms with van der Waals surface area (Å²) in [7, 11) is 0. The minimum atomic E-state index is -0.0926. The van der Waals surface area contributed by atoms with Crippen LogP contribution in [0.5, 0.6) is 0 Å². The molecular formula is C17H20O. The van der Waals surface area contributed by atoms with Crippen LogP contribution in [0.15, 0.2) is 42.5 Å². The molecule has 0 bridgehead atoms. The second-order valence-corrected chi connectivity index (χ2v) is 6.02. The van der Waals surface area contributed by atoms with Crippen molar-refractivity contribution in [3.8, 4) is 0 Å². The van der Waals surface area contributed by atoms with Crippen LogP contribution in [0.25, 0.3) is 10.8 Å². The summed E-state index contributed by atoms with van der Waals surface area (Å²) >= 11 is 0. The van der Waals surface area contributed by atoms with Crippen molar-refractivity contribution in [1.29, 1.82) is 0 Å². The van der Waals surface area contributed by atoms with Gasteiger partial charge in [0.1, 0.15) is 0 Å². The van der Waals surface area contributed by atoms with E-state index < -0.39 is 0 Å². The van der Waals surface area contributed by atoms with Crippen LogP contribution in [0.4, 0.5) is 0 Å². The van der Waals surface area contributed by atoms with E-state index in [1.54, 1.807) is 0 Å². The van der Waals surface area contributed by atoms with Gasteiger partial charge < -0.3 is 5.11 Å². The smallest absolute Gasteiger partial charge is 0.0545 e. The average molecular weight is 240 g/mol. The molecule has 1 saturated carbocycles. The van der Waals surface area contributed by atoms with Gasteiger partial charge in [-0.2, -0.15) is 0 Å². The first-order valence-electron chi connectivity index (χ1n) is 6.81. The van der Waals surface area contributed by atoms with Crippen molar-refractivity contribution in [2.24, 2.45) is 5.41 Å². The van der Waals surface area contributed by atoms with Crippen molar-refractivity contribution < 1.29 is 5.11 Å². The molecule has 2 aromatic carbocycles. The van der Waals surface area contributed by atoms with Crippen molar-refractivity contribution in [1.82, 2.24) is 0 Å². The fourth-order valence-electron chi connectivity index (χ4n) is 3.36. The predicted molar refractivity (Wildman–Crippen MR) is 75.6 cm³/mol. The van der Waals surface area contributed by atoms with E-state index in [2.05, 4.69) is 49.4 Å². The molecule has 1 nitrogen and oxygen atoms in total. The summed E-state index contributed by atoms with van der Waals surface area (Å²) in [6, 6.07) is 15.1. The number of rotatable bonds is 2. The van der Waals surface area contributed by atoms with Gasteiger partial charge in [-0.25, -0.2) is 0 Å².